The van der Waals surface area contributed by atoms with E-state index in [1.54, 1.807) is 12.4 Å². The molecule has 0 spiro atoms. The molecule has 4 rings (SSSR count). The van der Waals surface area contributed by atoms with Crippen LogP contribution in [-0.4, -0.2) is 21.6 Å². The molecule has 3 N–H and O–H groups in total. The molecule has 24 heavy (non-hydrogen) atoms. The highest BCUT2D eigenvalue weighted by Gasteiger charge is 2.25. The number of pyridine rings is 1. The van der Waals surface area contributed by atoms with Crippen molar-refractivity contribution in [2.75, 3.05) is 6.54 Å². The van der Waals surface area contributed by atoms with Gasteiger partial charge in [-0.25, -0.2) is 0 Å². The van der Waals surface area contributed by atoms with E-state index in [0.717, 1.165) is 31.5 Å². The highest BCUT2D eigenvalue weighted by Crippen LogP contribution is 2.36. The topological polar surface area (TPSA) is 60.9 Å². The van der Waals surface area contributed by atoms with Crippen molar-refractivity contribution in [3.05, 3.63) is 65.1 Å². The van der Waals surface area contributed by atoms with Gasteiger partial charge in [-0.15, -0.1) is 0 Å². The van der Waals surface area contributed by atoms with Crippen LogP contribution in [0.4, 0.5) is 0 Å². The largest absolute Gasteiger partial charge is 0.388 e. The molecule has 1 aliphatic rings. The summed E-state index contributed by atoms with van der Waals surface area (Å²) in [5.41, 5.74) is 6.06. The third kappa shape index (κ3) is 2.83. The minimum atomic E-state index is -0.461. The van der Waals surface area contributed by atoms with E-state index in [1.165, 1.54) is 27.7 Å². The average Bonchev–Trinajstić information content (AvgIpc) is 2.84. The van der Waals surface area contributed by atoms with Crippen molar-refractivity contribution in [3.63, 3.8) is 0 Å². The summed E-state index contributed by atoms with van der Waals surface area (Å²) in [5.74, 6) is 0.325. The number of aromatic amines is 1. The summed E-state index contributed by atoms with van der Waals surface area (Å²) in [4.78, 5) is 7.66. The van der Waals surface area contributed by atoms with E-state index >= 15 is 0 Å². The fraction of sp³-hybridized carbons (Fsp3) is 0.350. The van der Waals surface area contributed by atoms with E-state index in [-0.39, 0.29) is 0 Å². The zero-order valence-corrected chi connectivity index (χ0v) is 13.9. The van der Waals surface area contributed by atoms with Gasteiger partial charge in [0.2, 0.25) is 0 Å². The lowest BCUT2D eigenvalue weighted by Gasteiger charge is -2.19. The predicted octanol–water partition coefficient (Wildman–Crippen LogP) is 3.57. The Kier molecular flexibility index (Phi) is 4.08. The Morgan fingerprint density at radius 1 is 1.25 bits per heavy atom. The van der Waals surface area contributed by atoms with Gasteiger partial charge in [0, 0.05) is 41.5 Å². The van der Waals surface area contributed by atoms with Crippen molar-refractivity contribution in [2.45, 2.75) is 38.3 Å². The van der Waals surface area contributed by atoms with E-state index in [0.29, 0.717) is 5.92 Å². The van der Waals surface area contributed by atoms with Crippen molar-refractivity contribution in [2.24, 2.45) is 0 Å². The second kappa shape index (κ2) is 6.38. The molecule has 0 bridgehead atoms. The zero-order valence-electron chi connectivity index (χ0n) is 13.9. The number of nitrogens with one attached hydrogen (secondary N) is 2. The van der Waals surface area contributed by atoms with Crippen molar-refractivity contribution in [1.29, 1.82) is 0 Å². The third-order valence-electron chi connectivity index (χ3n) is 5.07. The summed E-state index contributed by atoms with van der Waals surface area (Å²) in [5, 5.41) is 15.5. The molecule has 3 aromatic rings. The Bertz CT molecular complexity index is 841. The molecule has 0 fully saturated rings. The number of benzene rings is 1. The van der Waals surface area contributed by atoms with Gasteiger partial charge in [-0.1, -0.05) is 11.6 Å². The third-order valence-corrected chi connectivity index (χ3v) is 5.07. The lowest BCUT2D eigenvalue weighted by atomic mass is 9.90. The highest BCUT2D eigenvalue weighted by atomic mass is 16.3. The molecular formula is C20H23N3O. The lowest BCUT2D eigenvalue weighted by Crippen LogP contribution is -2.13. The zero-order chi connectivity index (χ0) is 16.5. The van der Waals surface area contributed by atoms with Crippen molar-refractivity contribution < 1.29 is 5.11 Å². The number of nitrogens with zero attached hydrogens (tertiary/aromatic N) is 1. The van der Waals surface area contributed by atoms with Crippen LogP contribution in [0.25, 0.3) is 10.9 Å². The number of aryl methyl sites for hydroxylation is 1. The maximum Gasteiger partial charge on any atom is 0.0797 e. The summed E-state index contributed by atoms with van der Waals surface area (Å²) in [6.45, 7) is 4.00. The molecular weight excluding hydrogens is 298 g/mol. The summed E-state index contributed by atoms with van der Waals surface area (Å²) in [6.07, 6.45) is 4.78. The molecule has 1 aromatic carbocycles. The van der Waals surface area contributed by atoms with Crippen LogP contribution in [0.2, 0.25) is 0 Å². The van der Waals surface area contributed by atoms with Gasteiger partial charge >= 0.3 is 0 Å². The summed E-state index contributed by atoms with van der Waals surface area (Å²) >= 11 is 0. The van der Waals surface area contributed by atoms with E-state index in [2.05, 4.69) is 40.4 Å². The molecule has 2 aromatic heterocycles. The number of hydrogen-bond acceptors (Lipinski definition) is 3. The first kappa shape index (κ1) is 15.4. The Hall–Kier alpha value is -2.17. The van der Waals surface area contributed by atoms with Crippen molar-refractivity contribution in [1.82, 2.24) is 15.3 Å². The van der Waals surface area contributed by atoms with E-state index in [4.69, 9.17) is 0 Å². The Morgan fingerprint density at radius 2 is 2.08 bits per heavy atom. The Balaban J connectivity index is 1.69. The van der Waals surface area contributed by atoms with Gasteiger partial charge in [0.25, 0.3) is 0 Å². The van der Waals surface area contributed by atoms with Gasteiger partial charge in [-0.2, -0.15) is 0 Å². The molecule has 0 saturated heterocycles. The molecule has 2 unspecified atom stereocenters. The fourth-order valence-electron chi connectivity index (χ4n) is 3.78. The standard InChI is InChI=1S/C20H23N3O/c1-13-2-3-18-16(10-13)17-12-22-9-6-15(20(17)23-18)11-19(24)14-4-7-21-8-5-14/h2-5,7-8,10,15,19,22-24H,6,9,11-12H2,1H3. The molecule has 0 amide bonds. The normalized spacial score (nSPS) is 19.0. The van der Waals surface area contributed by atoms with Crippen LogP contribution in [0.1, 0.15) is 47.2 Å². The maximum atomic E-state index is 10.6. The Morgan fingerprint density at radius 3 is 2.92 bits per heavy atom. The van der Waals surface area contributed by atoms with E-state index < -0.39 is 6.10 Å². The lowest BCUT2D eigenvalue weighted by molar-refractivity contribution is 0.155. The van der Waals surface area contributed by atoms with Crippen LogP contribution in [0.3, 0.4) is 0 Å². The first-order chi connectivity index (χ1) is 11.7. The minimum Gasteiger partial charge on any atom is -0.388 e. The van der Waals surface area contributed by atoms with Gasteiger partial charge in [0.15, 0.2) is 0 Å². The molecule has 0 aliphatic carbocycles. The number of aromatic nitrogens is 2. The SMILES string of the molecule is Cc1ccc2[nH]c3c(c2c1)CNCCC3CC(O)c1ccncc1. The Labute approximate surface area is 141 Å². The number of H-pyrrole nitrogens is 1. The van der Waals surface area contributed by atoms with Crippen LogP contribution in [-0.2, 0) is 6.54 Å². The molecule has 4 nitrogen and oxygen atoms in total. The second-order valence-electron chi connectivity index (χ2n) is 6.76. The van der Waals surface area contributed by atoms with Crippen LogP contribution in [0, 0.1) is 6.92 Å². The number of aliphatic hydroxyl groups is 1. The van der Waals surface area contributed by atoms with E-state index in [1.807, 2.05) is 12.1 Å². The van der Waals surface area contributed by atoms with Crippen molar-refractivity contribution >= 4 is 10.9 Å². The van der Waals surface area contributed by atoms with Crippen LogP contribution >= 0.6 is 0 Å². The smallest absolute Gasteiger partial charge is 0.0797 e. The number of rotatable bonds is 3. The highest BCUT2D eigenvalue weighted by molar-refractivity contribution is 5.85. The van der Waals surface area contributed by atoms with Gasteiger partial charge < -0.3 is 15.4 Å². The molecule has 2 atom stereocenters. The average molecular weight is 321 g/mol. The van der Waals surface area contributed by atoms with Crippen LogP contribution in [0.15, 0.2) is 42.7 Å². The fourth-order valence-corrected chi connectivity index (χ4v) is 3.78. The monoisotopic (exact) mass is 321 g/mol. The van der Waals surface area contributed by atoms with Gasteiger partial charge in [0.1, 0.15) is 0 Å². The van der Waals surface area contributed by atoms with Crippen LogP contribution < -0.4 is 5.32 Å². The number of fused-ring (bicyclic) bond motifs is 3. The van der Waals surface area contributed by atoms with Crippen LogP contribution in [0.5, 0.6) is 0 Å². The quantitative estimate of drug-likeness (QED) is 0.691. The summed E-state index contributed by atoms with van der Waals surface area (Å²) < 4.78 is 0. The second-order valence-corrected chi connectivity index (χ2v) is 6.76. The first-order valence-corrected chi connectivity index (χ1v) is 8.62. The van der Waals surface area contributed by atoms with E-state index in [9.17, 15) is 5.11 Å². The molecule has 4 heteroatoms. The van der Waals surface area contributed by atoms with Crippen molar-refractivity contribution in [3.8, 4) is 0 Å². The summed E-state index contributed by atoms with van der Waals surface area (Å²) in [7, 11) is 0. The number of aliphatic hydroxyl groups excluding tert-OH is 1. The summed E-state index contributed by atoms with van der Waals surface area (Å²) in [6, 6.07) is 10.4. The van der Waals surface area contributed by atoms with Gasteiger partial charge in [-0.3, -0.25) is 4.98 Å². The minimum absolute atomic E-state index is 0.325. The maximum absolute atomic E-state index is 10.6. The van der Waals surface area contributed by atoms with Gasteiger partial charge in [-0.05, 0) is 61.7 Å². The molecule has 0 saturated carbocycles. The number of hydrogen-bond donors (Lipinski definition) is 3. The first-order valence-electron chi connectivity index (χ1n) is 8.62. The molecule has 124 valence electrons. The molecule has 3 heterocycles. The molecule has 0 radical (unpaired) electrons. The van der Waals surface area contributed by atoms with Gasteiger partial charge in [0.05, 0.1) is 6.10 Å². The predicted molar refractivity (Wildman–Crippen MR) is 95.9 cm³/mol. The molecule has 1 aliphatic heterocycles.